The van der Waals surface area contributed by atoms with Crippen LogP contribution in [0.25, 0.3) is 6.08 Å². The van der Waals surface area contributed by atoms with E-state index in [0.29, 0.717) is 46.6 Å². The number of oxime groups is 1. The van der Waals surface area contributed by atoms with Crippen LogP contribution in [0, 0.1) is 0 Å². The molecule has 1 heterocycles. The molecule has 7 heteroatoms. The van der Waals surface area contributed by atoms with Crippen molar-refractivity contribution in [3.8, 4) is 11.5 Å². The van der Waals surface area contributed by atoms with Gasteiger partial charge in [0.1, 0.15) is 6.61 Å². The number of carbonyl (C=O) groups is 1. The second-order valence-corrected chi connectivity index (χ2v) is 7.11. The number of halogens is 2. The lowest BCUT2D eigenvalue weighted by atomic mass is 10.1. The maximum Gasteiger partial charge on any atom is 0.367 e. The van der Waals surface area contributed by atoms with Crippen LogP contribution >= 0.6 is 27.5 Å². The van der Waals surface area contributed by atoms with Gasteiger partial charge in [0.2, 0.25) is 0 Å². The third-order valence-corrected chi connectivity index (χ3v) is 4.62. The molecule has 0 spiro atoms. The van der Waals surface area contributed by atoms with Crippen LogP contribution in [0.2, 0.25) is 5.02 Å². The molecule has 2 aromatic carbocycles. The summed E-state index contributed by atoms with van der Waals surface area (Å²) in [6.45, 7) is 4.39. The van der Waals surface area contributed by atoms with E-state index in [0.717, 1.165) is 10.0 Å². The summed E-state index contributed by atoms with van der Waals surface area (Å²) in [4.78, 5) is 16.4. The molecule has 0 unspecified atom stereocenters. The van der Waals surface area contributed by atoms with Gasteiger partial charge in [-0.1, -0.05) is 44.8 Å². The van der Waals surface area contributed by atoms with Crippen molar-refractivity contribution in [1.29, 1.82) is 0 Å². The van der Waals surface area contributed by atoms with Crippen LogP contribution in [0.15, 0.2) is 51.6 Å². The summed E-state index contributed by atoms with van der Waals surface area (Å²) in [5.74, 6) is 0.482. The molecule has 1 aliphatic heterocycles. The van der Waals surface area contributed by atoms with Crippen molar-refractivity contribution < 1.29 is 19.1 Å². The van der Waals surface area contributed by atoms with E-state index in [1.165, 1.54) is 0 Å². The molecular formula is C20H17BrClNO4. The van der Waals surface area contributed by atoms with Gasteiger partial charge >= 0.3 is 5.97 Å². The van der Waals surface area contributed by atoms with E-state index in [1.807, 2.05) is 31.2 Å². The number of hydrogen-bond acceptors (Lipinski definition) is 5. The summed E-state index contributed by atoms with van der Waals surface area (Å²) in [5.41, 5.74) is 2.60. The highest BCUT2D eigenvalue weighted by Crippen LogP contribution is 2.38. The van der Waals surface area contributed by atoms with Crippen molar-refractivity contribution in [2.24, 2.45) is 5.16 Å². The zero-order valence-electron chi connectivity index (χ0n) is 14.8. The summed E-state index contributed by atoms with van der Waals surface area (Å²) in [6.07, 6.45) is 1.67. The lowest BCUT2D eigenvalue weighted by Gasteiger charge is -2.15. The first-order valence-electron chi connectivity index (χ1n) is 8.29. The van der Waals surface area contributed by atoms with Gasteiger partial charge in [-0.3, -0.25) is 0 Å². The van der Waals surface area contributed by atoms with Gasteiger partial charge in [-0.25, -0.2) is 4.79 Å². The van der Waals surface area contributed by atoms with Crippen LogP contribution in [0.3, 0.4) is 0 Å². The molecule has 0 fully saturated rings. The molecule has 140 valence electrons. The number of benzene rings is 2. The largest absolute Gasteiger partial charge is 0.490 e. The van der Waals surface area contributed by atoms with E-state index in [-0.39, 0.29) is 0 Å². The second kappa shape index (κ2) is 8.59. The zero-order chi connectivity index (χ0) is 19.4. The fraction of sp³-hybridized carbons (Fsp3) is 0.200. The average molecular weight is 451 g/mol. The molecule has 0 bridgehead atoms. The minimum atomic E-state index is -0.489. The first-order chi connectivity index (χ1) is 13.0. The molecule has 0 N–H and O–H groups in total. The van der Waals surface area contributed by atoms with Gasteiger partial charge in [-0.2, -0.15) is 0 Å². The highest BCUT2D eigenvalue weighted by atomic mass is 79.9. The topological polar surface area (TPSA) is 57.1 Å². The molecule has 0 amide bonds. The number of nitrogens with zero attached hydrogens (tertiary/aromatic N) is 1. The van der Waals surface area contributed by atoms with Crippen molar-refractivity contribution in [3.63, 3.8) is 0 Å². The fourth-order valence-electron chi connectivity index (χ4n) is 2.50. The molecule has 0 saturated heterocycles. The molecule has 0 aliphatic carbocycles. The highest BCUT2D eigenvalue weighted by Gasteiger charge is 2.22. The van der Waals surface area contributed by atoms with E-state index in [2.05, 4.69) is 25.9 Å². The van der Waals surface area contributed by atoms with Crippen molar-refractivity contribution in [3.05, 3.63) is 62.6 Å². The van der Waals surface area contributed by atoms with E-state index in [4.69, 9.17) is 21.1 Å². The molecule has 1 aliphatic rings. The van der Waals surface area contributed by atoms with E-state index >= 15 is 0 Å². The Balaban J connectivity index is 1.88. The smallest absolute Gasteiger partial charge is 0.367 e. The van der Waals surface area contributed by atoms with Gasteiger partial charge in [0.15, 0.2) is 11.5 Å². The number of ether oxygens (including phenoxy) is 2. The predicted octanol–water partition coefficient (Wildman–Crippen LogP) is 5.40. The Hall–Kier alpha value is -2.31. The van der Waals surface area contributed by atoms with Crippen LogP contribution < -0.4 is 9.47 Å². The van der Waals surface area contributed by atoms with Crippen LogP contribution in [0.5, 0.6) is 11.5 Å². The van der Waals surface area contributed by atoms with Gasteiger partial charge in [-0.15, -0.1) is 0 Å². The minimum Gasteiger partial charge on any atom is -0.490 e. The lowest BCUT2D eigenvalue weighted by Crippen LogP contribution is -2.03. The summed E-state index contributed by atoms with van der Waals surface area (Å²) < 4.78 is 12.6. The van der Waals surface area contributed by atoms with Crippen LogP contribution in [-0.4, -0.2) is 18.3 Å². The van der Waals surface area contributed by atoms with E-state index in [9.17, 15) is 4.79 Å². The van der Waals surface area contributed by atoms with Crippen molar-refractivity contribution in [2.75, 3.05) is 6.61 Å². The Labute approximate surface area is 170 Å². The first-order valence-corrected chi connectivity index (χ1v) is 9.46. The number of hydrogen-bond donors (Lipinski definition) is 0. The normalized spacial score (nSPS) is 14.9. The molecule has 0 saturated carbocycles. The summed E-state index contributed by atoms with van der Waals surface area (Å²) in [5, 5.41) is 4.06. The van der Waals surface area contributed by atoms with Gasteiger partial charge in [0.25, 0.3) is 0 Å². The molecule has 5 nitrogen and oxygen atoms in total. The standard InChI is InChI=1S/C20H17BrClNO4/c1-3-25-18-10-14(8-16-12(2)23-27-20(16)24)9-17(22)19(18)26-11-13-4-6-15(21)7-5-13/h4-10H,3,11H2,1-2H3/b16-8+. The third-order valence-electron chi connectivity index (χ3n) is 3.81. The van der Waals surface area contributed by atoms with Crippen molar-refractivity contribution in [1.82, 2.24) is 0 Å². The van der Waals surface area contributed by atoms with Gasteiger partial charge in [0.05, 0.1) is 22.9 Å². The monoisotopic (exact) mass is 449 g/mol. The van der Waals surface area contributed by atoms with Gasteiger partial charge in [-0.05, 0) is 55.3 Å². The molecular weight excluding hydrogens is 434 g/mol. The summed E-state index contributed by atoms with van der Waals surface area (Å²) in [6, 6.07) is 11.3. The van der Waals surface area contributed by atoms with Gasteiger partial charge in [0, 0.05) is 4.47 Å². The number of carbonyl (C=O) groups excluding carboxylic acids is 1. The van der Waals surface area contributed by atoms with Crippen LogP contribution in [0.1, 0.15) is 25.0 Å². The SMILES string of the molecule is CCOc1cc(/C=C2/C(=O)ON=C2C)cc(Cl)c1OCc1ccc(Br)cc1. The van der Waals surface area contributed by atoms with Crippen LogP contribution in [-0.2, 0) is 16.2 Å². The van der Waals surface area contributed by atoms with Crippen molar-refractivity contribution in [2.45, 2.75) is 20.5 Å². The molecule has 2 aromatic rings. The quantitative estimate of drug-likeness (QED) is 0.437. The Bertz CT molecular complexity index is 922. The molecule has 27 heavy (non-hydrogen) atoms. The maximum absolute atomic E-state index is 11.7. The molecule has 0 aromatic heterocycles. The minimum absolute atomic E-state index is 0.353. The molecule has 0 radical (unpaired) electrons. The second-order valence-electron chi connectivity index (χ2n) is 5.79. The Kier molecular flexibility index (Phi) is 6.19. The van der Waals surface area contributed by atoms with Crippen molar-refractivity contribution >= 4 is 45.3 Å². The van der Waals surface area contributed by atoms with Gasteiger partial charge < -0.3 is 14.3 Å². The van der Waals surface area contributed by atoms with Crippen LogP contribution in [0.4, 0.5) is 0 Å². The summed E-state index contributed by atoms with van der Waals surface area (Å²) in [7, 11) is 0. The Morgan fingerprint density at radius 2 is 1.96 bits per heavy atom. The predicted molar refractivity (Wildman–Crippen MR) is 108 cm³/mol. The summed E-state index contributed by atoms with van der Waals surface area (Å²) >= 11 is 9.84. The molecule has 3 rings (SSSR count). The third kappa shape index (κ3) is 4.70. The maximum atomic E-state index is 11.7. The first kappa shape index (κ1) is 19.5. The fourth-order valence-corrected chi connectivity index (χ4v) is 3.03. The van der Waals surface area contributed by atoms with E-state index < -0.39 is 5.97 Å². The zero-order valence-corrected chi connectivity index (χ0v) is 17.1. The highest BCUT2D eigenvalue weighted by molar-refractivity contribution is 9.10. The molecule has 0 atom stereocenters. The Morgan fingerprint density at radius 3 is 2.59 bits per heavy atom. The number of rotatable bonds is 6. The lowest BCUT2D eigenvalue weighted by molar-refractivity contribution is -0.136. The Morgan fingerprint density at radius 1 is 1.22 bits per heavy atom. The average Bonchev–Trinajstić information content (AvgIpc) is 2.95. The van der Waals surface area contributed by atoms with E-state index in [1.54, 1.807) is 25.1 Å².